The van der Waals surface area contributed by atoms with E-state index in [9.17, 15) is 0 Å². The first kappa shape index (κ1) is 11.4. The number of nitrogens with two attached hydrogens (primary N) is 1. The zero-order valence-electron chi connectivity index (χ0n) is 8.40. The highest BCUT2D eigenvalue weighted by Crippen LogP contribution is 2.23. The van der Waals surface area contributed by atoms with Crippen molar-refractivity contribution < 1.29 is 0 Å². The Hall–Kier alpha value is -1.11. The normalized spacial score (nSPS) is 10.1. The maximum Gasteiger partial charge on any atom is 0.141 e. The summed E-state index contributed by atoms with van der Waals surface area (Å²) in [5.41, 5.74) is 3.50. The number of rotatable bonds is 4. The minimum Gasteiger partial charge on any atom is -0.380 e. The largest absolute Gasteiger partial charge is 0.380 e. The number of nitrogens with one attached hydrogen (secondary N) is 2. The average molecular weight is 299 g/mol. The summed E-state index contributed by atoms with van der Waals surface area (Å²) in [6.07, 6.45) is 1.71. The molecule has 0 aliphatic heterocycles. The van der Waals surface area contributed by atoms with Gasteiger partial charge in [0.1, 0.15) is 5.82 Å². The maximum absolute atomic E-state index is 5.29. The van der Waals surface area contributed by atoms with Crippen LogP contribution >= 0.6 is 27.3 Å². The monoisotopic (exact) mass is 298 g/mol. The third kappa shape index (κ3) is 2.72. The molecule has 0 atom stereocenters. The van der Waals surface area contributed by atoms with Gasteiger partial charge >= 0.3 is 0 Å². The summed E-state index contributed by atoms with van der Waals surface area (Å²) < 4.78 is 1.14. The number of hydrogen-bond acceptors (Lipinski definition) is 5. The van der Waals surface area contributed by atoms with Crippen molar-refractivity contribution >= 4 is 38.8 Å². The van der Waals surface area contributed by atoms with E-state index in [4.69, 9.17) is 5.84 Å². The molecule has 84 valence electrons. The molecule has 6 heteroatoms. The van der Waals surface area contributed by atoms with Gasteiger partial charge in [-0.1, -0.05) is 0 Å². The van der Waals surface area contributed by atoms with Crippen LogP contribution in [0, 0.1) is 0 Å². The molecule has 2 heterocycles. The number of hydrazine groups is 1. The molecule has 0 aliphatic rings. The minimum atomic E-state index is 0.648. The van der Waals surface area contributed by atoms with Crippen molar-refractivity contribution in [1.82, 2.24) is 4.98 Å². The minimum absolute atomic E-state index is 0.648. The van der Waals surface area contributed by atoms with Crippen LogP contribution in [0.1, 0.15) is 4.88 Å². The van der Waals surface area contributed by atoms with Crippen molar-refractivity contribution in [2.24, 2.45) is 5.84 Å². The van der Waals surface area contributed by atoms with Gasteiger partial charge in [-0.25, -0.2) is 10.8 Å². The van der Waals surface area contributed by atoms with Crippen molar-refractivity contribution in [3.63, 3.8) is 0 Å². The topological polar surface area (TPSA) is 63.0 Å². The number of nitrogens with zero attached hydrogens (tertiary/aromatic N) is 1. The number of anilines is 2. The SMILES string of the molecule is NNc1cc(NCc2sccc2Br)ccn1. The van der Waals surface area contributed by atoms with Crippen LogP contribution in [0.4, 0.5) is 11.5 Å². The Labute approximate surface area is 106 Å². The molecule has 0 spiro atoms. The van der Waals surface area contributed by atoms with Gasteiger partial charge < -0.3 is 10.7 Å². The maximum atomic E-state index is 5.29. The molecular formula is C10H11BrN4S. The van der Waals surface area contributed by atoms with Gasteiger partial charge in [0.15, 0.2) is 0 Å². The van der Waals surface area contributed by atoms with Gasteiger partial charge in [0, 0.05) is 27.3 Å². The van der Waals surface area contributed by atoms with Crippen molar-refractivity contribution in [3.8, 4) is 0 Å². The molecule has 2 rings (SSSR count). The van der Waals surface area contributed by atoms with Crippen LogP contribution in [0.5, 0.6) is 0 Å². The first-order valence-electron chi connectivity index (χ1n) is 4.68. The van der Waals surface area contributed by atoms with Gasteiger partial charge in [-0.05, 0) is 33.4 Å². The van der Waals surface area contributed by atoms with E-state index in [2.05, 4.69) is 37.0 Å². The van der Waals surface area contributed by atoms with Gasteiger partial charge in [0.05, 0.1) is 6.54 Å². The fourth-order valence-electron chi connectivity index (χ4n) is 1.25. The summed E-state index contributed by atoms with van der Waals surface area (Å²) in [5.74, 6) is 5.94. The third-order valence-electron chi connectivity index (χ3n) is 2.05. The lowest BCUT2D eigenvalue weighted by molar-refractivity contribution is 1.16. The van der Waals surface area contributed by atoms with Crippen molar-refractivity contribution in [3.05, 3.63) is 39.1 Å². The lowest BCUT2D eigenvalue weighted by atomic mass is 10.3. The van der Waals surface area contributed by atoms with Crippen molar-refractivity contribution in [1.29, 1.82) is 0 Å². The molecule has 0 saturated carbocycles. The predicted molar refractivity (Wildman–Crippen MR) is 71.4 cm³/mol. The van der Waals surface area contributed by atoms with Crippen LogP contribution in [0.2, 0.25) is 0 Å². The molecular weight excluding hydrogens is 288 g/mol. The molecule has 4 nitrogen and oxygen atoms in total. The highest BCUT2D eigenvalue weighted by Gasteiger charge is 2.01. The highest BCUT2D eigenvalue weighted by molar-refractivity contribution is 9.10. The number of aromatic nitrogens is 1. The van der Waals surface area contributed by atoms with Gasteiger partial charge in [-0.2, -0.15) is 0 Å². The lowest BCUT2D eigenvalue weighted by Gasteiger charge is -2.06. The van der Waals surface area contributed by atoms with E-state index >= 15 is 0 Å². The second-order valence-corrected chi connectivity index (χ2v) is 4.97. The standard InChI is InChI=1S/C10H11BrN4S/c11-8-2-4-16-9(8)6-14-7-1-3-13-10(5-7)15-12/h1-5H,6,12H2,(H2,13,14,15). The smallest absolute Gasteiger partial charge is 0.141 e. The molecule has 0 fully saturated rings. The number of halogens is 1. The molecule has 0 aromatic carbocycles. The van der Waals surface area contributed by atoms with E-state index in [1.165, 1.54) is 4.88 Å². The van der Waals surface area contributed by atoms with Crippen LogP contribution < -0.4 is 16.6 Å². The van der Waals surface area contributed by atoms with E-state index in [0.29, 0.717) is 5.82 Å². The summed E-state index contributed by atoms with van der Waals surface area (Å²) in [7, 11) is 0. The van der Waals surface area contributed by atoms with Gasteiger partial charge in [-0.3, -0.25) is 0 Å². The summed E-state index contributed by atoms with van der Waals surface area (Å²) in [4.78, 5) is 5.30. The first-order chi connectivity index (χ1) is 7.79. The molecule has 0 bridgehead atoms. The van der Waals surface area contributed by atoms with Crippen LogP contribution in [0.25, 0.3) is 0 Å². The van der Waals surface area contributed by atoms with E-state index in [0.717, 1.165) is 16.7 Å². The third-order valence-corrected chi connectivity index (χ3v) is 3.98. The number of pyridine rings is 1. The molecule has 0 amide bonds. The molecule has 0 saturated heterocycles. The second-order valence-electron chi connectivity index (χ2n) is 3.12. The van der Waals surface area contributed by atoms with E-state index in [1.807, 2.05) is 18.2 Å². The van der Waals surface area contributed by atoms with Crippen LogP contribution in [0.15, 0.2) is 34.2 Å². The lowest BCUT2D eigenvalue weighted by Crippen LogP contribution is -2.08. The van der Waals surface area contributed by atoms with E-state index in [-0.39, 0.29) is 0 Å². The molecule has 0 aliphatic carbocycles. The summed E-state index contributed by atoms with van der Waals surface area (Å²) >= 11 is 5.21. The van der Waals surface area contributed by atoms with E-state index < -0.39 is 0 Å². The number of thiophene rings is 1. The van der Waals surface area contributed by atoms with Crippen LogP contribution in [0.3, 0.4) is 0 Å². The zero-order chi connectivity index (χ0) is 11.4. The summed E-state index contributed by atoms with van der Waals surface area (Å²) in [5, 5.41) is 5.36. The Morgan fingerprint density at radius 2 is 2.31 bits per heavy atom. The second kappa shape index (κ2) is 5.29. The Balaban J connectivity index is 2.02. The van der Waals surface area contributed by atoms with Crippen molar-refractivity contribution in [2.75, 3.05) is 10.7 Å². The van der Waals surface area contributed by atoms with Gasteiger partial charge in [0.25, 0.3) is 0 Å². The Morgan fingerprint density at radius 1 is 1.44 bits per heavy atom. The number of nitrogen functional groups attached to an aromatic ring is 1. The molecule has 0 radical (unpaired) electrons. The van der Waals surface area contributed by atoms with Gasteiger partial charge in [0.2, 0.25) is 0 Å². The Morgan fingerprint density at radius 3 is 3.00 bits per heavy atom. The fraction of sp³-hybridized carbons (Fsp3) is 0.100. The van der Waals surface area contributed by atoms with Crippen LogP contribution in [-0.2, 0) is 6.54 Å². The fourth-order valence-corrected chi connectivity index (χ4v) is 2.69. The Kier molecular flexibility index (Phi) is 3.76. The molecule has 2 aromatic heterocycles. The average Bonchev–Trinajstić information content (AvgIpc) is 2.72. The molecule has 2 aromatic rings. The zero-order valence-corrected chi connectivity index (χ0v) is 10.8. The molecule has 16 heavy (non-hydrogen) atoms. The van der Waals surface area contributed by atoms with Crippen LogP contribution in [-0.4, -0.2) is 4.98 Å². The molecule has 4 N–H and O–H groups in total. The van der Waals surface area contributed by atoms with Crippen molar-refractivity contribution in [2.45, 2.75) is 6.54 Å². The Bertz CT molecular complexity index is 471. The van der Waals surface area contributed by atoms with Gasteiger partial charge in [-0.15, -0.1) is 11.3 Å². The predicted octanol–water partition coefficient (Wildman–Crippen LogP) is 2.80. The summed E-state index contributed by atoms with van der Waals surface area (Å²) in [6.45, 7) is 0.784. The quantitative estimate of drug-likeness (QED) is 0.600. The highest BCUT2D eigenvalue weighted by atomic mass is 79.9. The first-order valence-corrected chi connectivity index (χ1v) is 6.35. The molecule has 0 unspecified atom stereocenters. The van der Waals surface area contributed by atoms with E-state index in [1.54, 1.807) is 17.5 Å². The number of hydrogen-bond donors (Lipinski definition) is 3. The summed E-state index contributed by atoms with van der Waals surface area (Å²) in [6, 6.07) is 5.81.